The molecular weight excluding hydrogens is 352 g/mol. The maximum absolute atomic E-state index is 13.0. The van der Waals surface area contributed by atoms with Crippen LogP contribution in [-0.2, 0) is 17.9 Å². The van der Waals surface area contributed by atoms with E-state index in [1.54, 1.807) is 0 Å². The lowest BCUT2D eigenvalue weighted by atomic mass is 10.0. The SMILES string of the molecule is Cc1[nH]nc2c1c(=O)n(CCCN)c1ccc(COC3=CCC(C)C=C3)cc21. The molecule has 2 heterocycles. The zero-order chi connectivity index (χ0) is 19.7. The number of rotatable bonds is 6. The van der Waals surface area contributed by atoms with E-state index in [1.807, 2.05) is 29.7 Å². The van der Waals surface area contributed by atoms with E-state index in [0.717, 1.165) is 40.8 Å². The molecule has 4 rings (SSSR count). The van der Waals surface area contributed by atoms with E-state index in [0.29, 0.717) is 36.5 Å². The van der Waals surface area contributed by atoms with Crippen LogP contribution in [0.1, 0.15) is 31.0 Å². The Morgan fingerprint density at radius 3 is 3.00 bits per heavy atom. The fourth-order valence-electron chi connectivity index (χ4n) is 3.68. The number of allylic oxidation sites excluding steroid dienone is 3. The van der Waals surface area contributed by atoms with Crippen molar-refractivity contribution in [2.75, 3.05) is 6.54 Å². The first-order valence-electron chi connectivity index (χ1n) is 9.80. The van der Waals surface area contributed by atoms with Gasteiger partial charge in [0, 0.05) is 17.6 Å². The van der Waals surface area contributed by atoms with E-state index in [2.05, 4.69) is 35.3 Å². The number of nitrogens with one attached hydrogen (secondary N) is 1. The molecule has 0 saturated carbocycles. The van der Waals surface area contributed by atoms with E-state index in [9.17, 15) is 4.79 Å². The lowest BCUT2D eigenvalue weighted by molar-refractivity contribution is 0.208. The van der Waals surface area contributed by atoms with Gasteiger partial charge in [0.05, 0.1) is 10.9 Å². The third-order valence-electron chi connectivity index (χ3n) is 5.28. The van der Waals surface area contributed by atoms with Gasteiger partial charge in [-0.15, -0.1) is 0 Å². The summed E-state index contributed by atoms with van der Waals surface area (Å²) in [5, 5.41) is 8.97. The van der Waals surface area contributed by atoms with Crippen LogP contribution in [0.4, 0.5) is 0 Å². The van der Waals surface area contributed by atoms with Crippen molar-refractivity contribution >= 4 is 21.8 Å². The molecular formula is C22H26N4O2. The second kappa shape index (κ2) is 7.64. The van der Waals surface area contributed by atoms with Crippen LogP contribution >= 0.6 is 0 Å². The standard InChI is InChI=1S/C22H26N4O2/c1-14-4-7-17(8-5-14)28-13-16-6-9-19-18(12-16)21-20(15(2)24-25-21)22(27)26(19)11-3-10-23/h4,6-9,12,14H,3,5,10-11,13,23H2,1-2H3,(H,24,25). The van der Waals surface area contributed by atoms with Crippen LogP contribution in [0, 0.1) is 12.8 Å². The second-order valence-corrected chi connectivity index (χ2v) is 7.49. The lowest BCUT2D eigenvalue weighted by Crippen LogP contribution is -2.22. The van der Waals surface area contributed by atoms with Gasteiger partial charge < -0.3 is 15.0 Å². The minimum Gasteiger partial charge on any atom is -0.489 e. The molecule has 0 aliphatic heterocycles. The summed E-state index contributed by atoms with van der Waals surface area (Å²) >= 11 is 0. The van der Waals surface area contributed by atoms with Gasteiger partial charge in [-0.25, -0.2) is 0 Å². The van der Waals surface area contributed by atoms with Crippen LogP contribution in [0.5, 0.6) is 0 Å². The number of aromatic amines is 1. The van der Waals surface area contributed by atoms with Crippen molar-refractivity contribution in [1.29, 1.82) is 0 Å². The number of aromatic nitrogens is 3. The molecule has 1 aliphatic carbocycles. The smallest absolute Gasteiger partial charge is 0.262 e. The van der Waals surface area contributed by atoms with E-state index in [-0.39, 0.29) is 5.56 Å². The highest BCUT2D eigenvalue weighted by molar-refractivity contribution is 6.04. The number of aryl methyl sites for hydroxylation is 2. The number of hydrogen-bond acceptors (Lipinski definition) is 4. The summed E-state index contributed by atoms with van der Waals surface area (Å²) in [5.74, 6) is 1.47. The molecule has 0 radical (unpaired) electrons. The third kappa shape index (κ3) is 3.36. The molecule has 0 saturated heterocycles. The van der Waals surface area contributed by atoms with Crippen molar-refractivity contribution in [1.82, 2.24) is 14.8 Å². The van der Waals surface area contributed by atoms with Crippen molar-refractivity contribution in [3.8, 4) is 0 Å². The molecule has 6 nitrogen and oxygen atoms in total. The van der Waals surface area contributed by atoms with Crippen LogP contribution in [0.25, 0.3) is 21.8 Å². The van der Waals surface area contributed by atoms with E-state index < -0.39 is 0 Å². The lowest BCUT2D eigenvalue weighted by Gasteiger charge is -2.15. The molecule has 146 valence electrons. The van der Waals surface area contributed by atoms with Gasteiger partial charge in [0.2, 0.25) is 0 Å². The Morgan fingerprint density at radius 1 is 1.39 bits per heavy atom. The van der Waals surface area contributed by atoms with Gasteiger partial charge in [0.15, 0.2) is 0 Å². The molecule has 3 N–H and O–H groups in total. The Morgan fingerprint density at radius 2 is 2.25 bits per heavy atom. The van der Waals surface area contributed by atoms with Crippen LogP contribution < -0.4 is 11.3 Å². The molecule has 1 unspecified atom stereocenters. The number of pyridine rings is 1. The topological polar surface area (TPSA) is 85.9 Å². The zero-order valence-electron chi connectivity index (χ0n) is 16.4. The average molecular weight is 378 g/mol. The van der Waals surface area contributed by atoms with Gasteiger partial charge in [-0.3, -0.25) is 9.89 Å². The number of benzene rings is 1. The summed E-state index contributed by atoms with van der Waals surface area (Å²) in [6, 6.07) is 6.08. The van der Waals surface area contributed by atoms with Gasteiger partial charge in [0.25, 0.3) is 5.56 Å². The summed E-state index contributed by atoms with van der Waals surface area (Å²) in [6.07, 6.45) is 8.09. The maximum atomic E-state index is 13.0. The first kappa shape index (κ1) is 18.5. The van der Waals surface area contributed by atoms with Gasteiger partial charge in [-0.2, -0.15) is 5.10 Å². The molecule has 2 aromatic heterocycles. The summed E-state index contributed by atoms with van der Waals surface area (Å²) < 4.78 is 7.77. The van der Waals surface area contributed by atoms with E-state index >= 15 is 0 Å². The number of nitrogens with zero attached hydrogens (tertiary/aromatic N) is 2. The minimum atomic E-state index is -0.0159. The molecule has 0 spiro atoms. The molecule has 3 aromatic rings. The molecule has 1 atom stereocenters. The Kier molecular flexibility index (Phi) is 5.05. The highest BCUT2D eigenvalue weighted by atomic mass is 16.5. The Bertz CT molecular complexity index is 1140. The number of ether oxygens (including phenoxy) is 1. The number of H-pyrrole nitrogens is 1. The normalized spacial score (nSPS) is 16.7. The molecule has 0 bridgehead atoms. The highest BCUT2D eigenvalue weighted by Crippen LogP contribution is 2.25. The van der Waals surface area contributed by atoms with Crippen molar-refractivity contribution in [2.45, 2.75) is 39.8 Å². The third-order valence-corrected chi connectivity index (χ3v) is 5.28. The fraction of sp³-hybridized carbons (Fsp3) is 0.364. The van der Waals surface area contributed by atoms with Crippen molar-refractivity contribution < 1.29 is 4.74 Å². The Hall–Kier alpha value is -2.86. The first-order valence-corrected chi connectivity index (χ1v) is 9.80. The number of nitrogens with two attached hydrogens (primary N) is 1. The molecule has 1 aromatic carbocycles. The van der Waals surface area contributed by atoms with Crippen LogP contribution in [0.3, 0.4) is 0 Å². The van der Waals surface area contributed by atoms with E-state index in [4.69, 9.17) is 10.5 Å². The number of hydrogen-bond donors (Lipinski definition) is 2. The second-order valence-electron chi connectivity index (χ2n) is 7.49. The summed E-state index contributed by atoms with van der Waals surface area (Å²) in [4.78, 5) is 13.0. The molecule has 0 fully saturated rings. The van der Waals surface area contributed by atoms with Crippen molar-refractivity contribution in [2.24, 2.45) is 11.7 Å². The Labute approximate surface area is 163 Å². The van der Waals surface area contributed by atoms with Crippen molar-refractivity contribution in [3.05, 3.63) is 63.8 Å². The largest absolute Gasteiger partial charge is 0.489 e. The maximum Gasteiger partial charge on any atom is 0.262 e. The fourth-order valence-corrected chi connectivity index (χ4v) is 3.68. The molecule has 0 amide bonds. The Balaban J connectivity index is 1.74. The minimum absolute atomic E-state index is 0.0159. The molecule has 6 heteroatoms. The molecule has 28 heavy (non-hydrogen) atoms. The quantitative estimate of drug-likeness (QED) is 0.687. The summed E-state index contributed by atoms with van der Waals surface area (Å²) in [7, 11) is 0. The predicted octanol–water partition coefficient (Wildman–Crippen LogP) is 3.53. The van der Waals surface area contributed by atoms with Crippen molar-refractivity contribution in [3.63, 3.8) is 0 Å². The molecule has 1 aliphatic rings. The first-order chi connectivity index (χ1) is 13.6. The highest BCUT2D eigenvalue weighted by Gasteiger charge is 2.16. The monoisotopic (exact) mass is 378 g/mol. The van der Waals surface area contributed by atoms with Crippen LogP contribution in [-0.4, -0.2) is 21.3 Å². The van der Waals surface area contributed by atoms with Gasteiger partial charge in [-0.05, 0) is 62.1 Å². The zero-order valence-corrected chi connectivity index (χ0v) is 16.4. The average Bonchev–Trinajstić information content (AvgIpc) is 3.09. The van der Waals surface area contributed by atoms with Gasteiger partial charge in [-0.1, -0.05) is 19.1 Å². The van der Waals surface area contributed by atoms with Crippen LogP contribution in [0.2, 0.25) is 0 Å². The summed E-state index contributed by atoms with van der Waals surface area (Å²) in [6.45, 7) is 5.69. The van der Waals surface area contributed by atoms with Gasteiger partial charge in [0.1, 0.15) is 17.9 Å². The number of fused-ring (bicyclic) bond motifs is 3. The van der Waals surface area contributed by atoms with Crippen LogP contribution in [0.15, 0.2) is 47.0 Å². The predicted molar refractivity (Wildman–Crippen MR) is 112 cm³/mol. The summed E-state index contributed by atoms with van der Waals surface area (Å²) in [5.41, 5.74) is 9.09. The van der Waals surface area contributed by atoms with Gasteiger partial charge >= 0.3 is 0 Å². The van der Waals surface area contributed by atoms with E-state index in [1.165, 1.54) is 0 Å².